The number of hydrogen-bond donors (Lipinski definition) is 1. The first-order chi connectivity index (χ1) is 8.16. The van der Waals surface area contributed by atoms with Crippen LogP contribution in [0.4, 0.5) is 0 Å². The molecule has 0 saturated carbocycles. The molecule has 0 bridgehead atoms. The van der Waals surface area contributed by atoms with Crippen LogP contribution < -0.4 is 0 Å². The Hall–Kier alpha value is -1.36. The molecule has 1 saturated heterocycles. The van der Waals surface area contributed by atoms with Crippen LogP contribution in [0.2, 0.25) is 0 Å². The lowest BCUT2D eigenvalue weighted by atomic mass is 9.99. The number of rotatable bonds is 4. The quantitative estimate of drug-likeness (QED) is 0.866. The number of aryl methyl sites for hydroxylation is 1. The van der Waals surface area contributed by atoms with Gasteiger partial charge >= 0.3 is 5.97 Å². The summed E-state index contributed by atoms with van der Waals surface area (Å²) in [6, 6.07) is 0.136. The molecule has 0 aromatic carbocycles. The molecule has 1 aliphatic heterocycles. The van der Waals surface area contributed by atoms with Crippen LogP contribution in [-0.4, -0.2) is 33.5 Å². The molecule has 5 heteroatoms. The minimum Gasteiger partial charge on any atom is -0.481 e. The molecule has 1 unspecified atom stereocenters. The molecule has 94 valence electrons. The minimum absolute atomic E-state index is 0.136. The van der Waals surface area contributed by atoms with E-state index in [1.165, 1.54) is 6.39 Å². The average molecular weight is 238 g/mol. The highest BCUT2D eigenvalue weighted by Gasteiger charge is 2.25. The van der Waals surface area contributed by atoms with Crippen molar-refractivity contribution in [1.82, 2.24) is 9.88 Å². The lowest BCUT2D eigenvalue weighted by Crippen LogP contribution is -2.40. The van der Waals surface area contributed by atoms with Gasteiger partial charge in [-0.3, -0.25) is 9.69 Å². The van der Waals surface area contributed by atoms with E-state index in [0.29, 0.717) is 6.54 Å². The smallest absolute Gasteiger partial charge is 0.304 e. The third-order valence-electron chi connectivity index (χ3n) is 3.36. The zero-order valence-electron chi connectivity index (χ0n) is 10.1. The van der Waals surface area contributed by atoms with Gasteiger partial charge in [0.2, 0.25) is 0 Å². The van der Waals surface area contributed by atoms with Gasteiger partial charge in [0.15, 0.2) is 6.39 Å². The van der Waals surface area contributed by atoms with Crippen molar-refractivity contribution in [2.24, 2.45) is 0 Å². The highest BCUT2D eigenvalue weighted by Crippen LogP contribution is 2.22. The van der Waals surface area contributed by atoms with Crippen molar-refractivity contribution in [2.75, 3.05) is 6.54 Å². The number of carboxylic acids is 1. The van der Waals surface area contributed by atoms with E-state index in [0.717, 1.165) is 37.3 Å². The van der Waals surface area contributed by atoms with Gasteiger partial charge in [-0.1, -0.05) is 6.42 Å². The van der Waals surface area contributed by atoms with Crippen LogP contribution in [0.25, 0.3) is 0 Å². The van der Waals surface area contributed by atoms with E-state index >= 15 is 0 Å². The van der Waals surface area contributed by atoms with E-state index in [4.69, 9.17) is 9.52 Å². The molecular formula is C12H18N2O3. The molecule has 1 aromatic heterocycles. The van der Waals surface area contributed by atoms with Crippen molar-refractivity contribution < 1.29 is 14.3 Å². The Bertz CT molecular complexity index is 389. The van der Waals surface area contributed by atoms with Crippen molar-refractivity contribution in [1.29, 1.82) is 0 Å². The predicted molar refractivity (Wildman–Crippen MR) is 61.5 cm³/mol. The Morgan fingerprint density at radius 1 is 1.65 bits per heavy atom. The number of nitrogens with zero attached hydrogens (tertiary/aromatic N) is 2. The maximum atomic E-state index is 10.8. The van der Waals surface area contributed by atoms with Crippen molar-refractivity contribution in [2.45, 2.75) is 45.2 Å². The van der Waals surface area contributed by atoms with Gasteiger partial charge in [0.05, 0.1) is 12.1 Å². The van der Waals surface area contributed by atoms with Crippen LogP contribution in [0, 0.1) is 6.92 Å². The molecule has 1 fully saturated rings. The van der Waals surface area contributed by atoms with Gasteiger partial charge in [-0.15, -0.1) is 0 Å². The summed E-state index contributed by atoms with van der Waals surface area (Å²) < 4.78 is 5.17. The number of carbonyl (C=O) groups is 1. The molecule has 2 heterocycles. The first-order valence-electron chi connectivity index (χ1n) is 6.01. The van der Waals surface area contributed by atoms with Gasteiger partial charge in [0, 0.05) is 12.6 Å². The molecule has 0 aliphatic carbocycles. The fourth-order valence-electron chi connectivity index (χ4n) is 2.37. The third kappa shape index (κ3) is 3.06. The molecular weight excluding hydrogens is 220 g/mol. The summed E-state index contributed by atoms with van der Waals surface area (Å²) >= 11 is 0. The van der Waals surface area contributed by atoms with E-state index < -0.39 is 5.97 Å². The van der Waals surface area contributed by atoms with Gasteiger partial charge in [-0.2, -0.15) is 0 Å². The van der Waals surface area contributed by atoms with Crippen LogP contribution in [0.3, 0.4) is 0 Å². The number of oxazole rings is 1. The lowest BCUT2D eigenvalue weighted by Gasteiger charge is -2.34. The molecule has 0 amide bonds. The van der Waals surface area contributed by atoms with E-state index in [9.17, 15) is 4.79 Å². The topological polar surface area (TPSA) is 66.6 Å². The van der Waals surface area contributed by atoms with Gasteiger partial charge in [-0.05, 0) is 26.3 Å². The summed E-state index contributed by atoms with van der Waals surface area (Å²) in [6.45, 7) is 3.53. The van der Waals surface area contributed by atoms with Crippen LogP contribution in [-0.2, 0) is 11.3 Å². The van der Waals surface area contributed by atoms with Crippen molar-refractivity contribution in [3.8, 4) is 0 Å². The molecule has 1 aromatic rings. The molecule has 0 spiro atoms. The first-order valence-corrected chi connectivity index (χ1v) is 6.01. The number of carboxylic acid groups (broad SMARTS) is 1. The summed E-state index contributed by atoms with van der Waals surface area (Å²) in [5.74, 6) is 0.100. The summed E-state index contributed by atoms with van der Waals surface area (Å²) in [6.07, 6.45) is 4.88. The number of hydrogen-bond acceptors (Lipinski definition) is 4. The molecule has 5 nitrogen and oxygen atoms in total. The number of aliphatic carboxylic acids is 1. The molecule has 0 radical (unpaired) electrons. The Balaban J connectivity index is 2.01. The second kappa shape index (κ2) is 5.31. The Morgan fingerprint density at radius 2 is 2.47 bits per heavy atom. The van der Waals surface area contributed by atoms with E-state index in [-0.39, 0.29) is 12.5 Å². The highest BCUT2D eigenvalue weighted by molar-refractivity contribution is 5.67. The molecule has 1 atom stereocenters. The Morgan fingerprint density at radius 3 is 3.12 bits per heavy atom. The summed E-state index contributed by atoms with van der Waals surface area (Å²) in [7, 11) is 0. The number of aromatic nitrogens is 1. The largest absolute Gasteiger partial charge is 0.481 e. The van der Waals surface area contributed by atoms with Gasteiger partial charge < -0.3 is 9.52 Å². The fraction of sp³-hybridized carbons (Fsp3) is 0.667. The zero-order chi connectivity index (χ0) is 12.3. The monoisotopic (exact) mass is 238 g/mol. The predicted octanol–water partition coefficient (Wildman–Crippen LogP) is 1.81. The third-order valence-corrected chi connectivity index (χ3v) is 3.36. The summed E-state index contributed by atoms with van der Waals surface area (Å²) in [4.78, 5) is 17.2. The fourth-order valence-corrected chi connectivity index (χ4v) is 2.37. The maximum absolute atomic E-state index is 10.8. The first kappa shape index (κ1) is 12.1. The van der Waals surface area contributed by atoms with Crippen molar-refractivity contribution in [3.63, 3.8) is 0 Å². The SMILES string of the molecule is Cc1ocnc1CN1CCCCC1CC(=O)O. The van der Waals surface area contributed by atoms with Crippen molar-refractivity contribution in [3.05, 3.63) is 17.8 Å². The number of piperidine rings is 1. The van der Waals surface area contributed by atoms with Gasteiger partial charge in [0.1, 0.15) is 5.76 Å². The van der Waals surface area contributed by atoms with E-state index in [1.54, 1.807) is 0 Å². The second-order valence-corrected chi connectivity index (χ2v) is 4.57. The molecule has 2 rings (SSSR count). The van der Waals surface area contributed by atoms with Gasteiger partial charge in [-0.25, -0.2) is 4.98 Å². The molecule has 17 heavy (non-hydrogen) atoms. The standard InChI is InChI=1S/C12H18N2O3/c1-9-11(13-8-17-9)7-14-5-3-2-4-10(14)6-12(15)16/h8,10H,2-7H2,1H3,(H,15,16). The van der Waals surface area contributed by atoms with E-state index in [2.05, 4.69) is 9.88 Å². The Labute approximate surface area is 100 Å². The van der Waals surface area contributed by atoms with Crippen LogP contribution >= 0.6 is 0 Å². The summed E-state index contributed by atoms with van der Waals surface area (Å²) in [5, 5.41) is 8.90. The van der Waals surface area contributed by atoms with Crippen molar-refractivity contribution >= 4 is 5.97 Å². The van der Waals surface area contributed by atoms with Crippen LogP contribution in [0.1, 0.15) is 37.1 Å². The van der Waals surface area contributed by atoms with Gasteiger partial charge in [0.25, 0.3) is 0 Å². The maximum Gasteiger partial charge on any atom is 0.304 e. The summed E-state index contributed by atoms with van der Waals surface area (Å²) in [5.41, 5.74) is 0.919. The highest BCUT2D eigenvalue weighted by atomic mass is 16.4. The minimum atomic E-state index is -0.723. The Kier molecular flexibility index (Phi) is 3.78. The second-order valence-electron chi connectivity index (χ2n) is 4.57. The lowest BCUT2D eigenvalue weighted by molar-refractivity contribution is -0.138. The van der Waals surface area contributed by atoms with Crippen LogP contribution in [0.15, 0.2) is 10.8 Å². The number of likely N-dealkylation sites (tertiary alicyclic amines) is 1. The van der Waals surface area contributed by atoms with E-state index in [1.807, 2.05) is 6.92 Å². The zero-order valence-corrected chi connectivity index (χ0v) is 10.1. The molecule has 1 N–H and O–H groups in total. The normalized spacial score (nSPS) is 21.6. The van der Waals surface area contributed by atoms with Crippen LogP contribution in [0.5, 0.6) is 0 Å². The average Bonchev–Trinajstić information content (AvgIpc) is 2.67. The molecule has 1 aliphatic rings.